The molecule has 0 unspecified atom stereocenters. The van der Waals surface area contributed by atoms with Gasteiger partial charge in [0.15, 0.2) is 16.5 Å². The second kappa shape index (κ2) is 11.7. The molecule has 4 rings (SSSR count). The van der Waals surface area contributed by atoms with Gasteiger partial charge in [0, 0.05) is 30.4 Å². The molecule has 2 amide bonds. The van der Waals surface area contributed by atoms with Gasteiger partial charge in [-0.2, -0.15) is 0 Å². The molecular weight excluding hydrogens is 468 g/mol. The Morgan fingerprint density at radius 3 is 2.34 bits per heavy atom. The lowest BCUT2D eigenvalue weighted by atomic mass is 10.1. The number of amides is 2. The first-order chi connectivity index (χ1) is 17.1. The smallest absolute Gasteiger partial charge is 0.286 e. The SMILES string of the molecule is COc1ccc(OCc2nnc(C(=O)Nc3ccc(C(=O)N4CCCCCC4)cc3)s2)cc1OC. The molecule has 2 aromatic carbocycles. The highest BCUT2D eigenvalue weighted by Gasteiger charge is 2.18. The predicted octanol–water partition coefficient (Wildman–Crippen LogP) is 4.40. The average molecular weight is 497 g/mol. The molecule has 0 bridgehead atoms. The number of methoxy groups -OCH3 is 2. The van der Waals surface area contributed by atoms with Gasteiger partial charge in [-0.15, -0.1) is 10.2 Å². The number of likely N-dealkylation sites (tertiary alicyclic amines) is 1. The Kier molecular flexibility index (Phi) is 8.15. The molecule has 1 aromatic heterocycles. The minimum atomic E-state index is -0.369. The van der Waals surface area contributed by atoms with E-state index >= 15 is 0 Å². The Hall–Kier alpha value is -3.66. The molecular formula is C25H28N4O5S. The Balaban J connectivity index is 1.32. The zero-order valence-corrected chi connectivity index (χ0v) is 20.6. The summed E-state index contributed by atoms with van der Waals surface area (Å²) in [5, 5.41) is 11.6. The molecule has 9 nitrogen and oxygen atoms in total. The van der Waals surface area contributed by atoms with E-state index in [2.05, 4.69) is 15.5 Å². The number of carbonyl (C=O) groups excluding carboxylic acids is 2. The van der Waals surface area contributed by atoms with E-state index < -0.39 is 0 Å². The van der Waals surface area contributed by atoms with Crippen molar-refractivity contribution in [3.63, 3.8) is 0 Å². The second-order valence-electron chi connectivity index (χ2n) is 8.04. The monoisotopic (exact) mass is 496 g/mol. The van der Waals surface area contributed by atoms with Gasteiger partial charge in [0.1, 0.15) is 12.4 Å². The lowest BCUT2D eigenvalue weighted by molar-refractivity contribution is 0.0761. The summed E-state index contributed by atoms with van der Waals surface area (Å²) in [4.78, 5) is 27.3. The van der Waals surface area contributed by atoms with Gasteiger partial charge in [-0.05, 0) is 49.2 Å². The lowest BCUT2D eigenvalue weighted by Crippen LogP contribution is -2.31. The third kappa shape index (κ3) is 6.27. The number of aromatic nitrogens is 2. The Morgan fingerprint density at radius 1 is 0.943 bits per heavy atom. The molecule has 2 heterocycles. The first-order valence-corrected chi connectivity index (χ1v) is 12.3. The summed E-state index contributed by atoms with van der Waals surface area (Å²) in [7, 11) is 3.12. The summed E-state index contributed by atoms with van der Waals surface area (Å²) in [6, 6.07) is 12.2. The van der Waals surface area contributed by atoms with E-state index in [1.54, 1.807) is 56.7 Å². The number of rotatable bonds is 8. The highest BCUT2D eigenvalue weighted by Crippen LogP contribution is 2.31. The number of benzene rings is 2. The molecule has 35 heavy (non-hydrogen) atoms. The summed E-state index contributed by atoms with van der Waals surface area (Å²) >= 11 is 1.15. The van der Waals surface area contributed by atoms with Gasteiger partial charge in [-0.1, -0.05) is 24.2 Å². The molecule has 1 N–H and O–H groups in total. The van der Waals surface area contributed by atoms with E-state index in [1.807, 2.05) is 4.90 Å². The van der Waals surface area contributed by atoms with E-state index in [4.69, 9.17) is 14.2 Å². The fraction of sp³-hybridized carbons (Fsp3) is 0.360. The Labute approximate surface area is 208 Å². The molecule has 0 atom stereocenters. The summed E-state index contributed by atoms with van der Waals surface area (Å²) in [6.07, 6.45) is 4.43. The highest BCUT2D eigenvalue weighted by atomic mass is 32.1. The fourth-order valence-corrected chi connectivity index (χ4v) is 4.44. The number of hydrogen-bond donors (Lipinski definition) is 1. The van der Waals surface area contributed by atoms with Gasteiger partial charge in [-0.25, -0.2) is 0 Å². The Morgan fingerprint density at radius 2 is 1.66 bits per heavy atom. The highest BCUT2D eigenvalue weighted by molar-refractivity contribution is 7.13. The van der Waals surface area contributed by atoms with Gasteiger partial charge in [0.2, 0.25) is 5.01 Å². The van der Waals surface area contributed by atoms with Crippen LogP contribution in [0, 0.1) is 0 Å². The topological polar surface area (TPSA) is 103 Å². The van der Waals surface area contributed by atoms with Crippen molar-refractivity contribution in [3.05, 3.63) is 58.0 Å². The quantitative estimate of drug-likeness (QED) is 0.493. The predicted molar refractivity (Wildman–Crippen MR) is 133 cm³/mol. The van der Waals surface area contributed by atoms with Crippen LogP contribution in [0.3, 0.4) is 0 Å². The molecule has 0 radical (unpaired) electrons. The molecule has 3 aromatic rings. The van der Waals surface area contributed by atoms with Crippen molar-refractivity contribution in [2.75, 3.05) is 32.6 Å². The number of hydrogen-bond acceptors (Lipinski definition) is 8. The van der Waals surface area contributed by atoms with Crippen molar-refractivity contribution in [1.82, 2.24) is 15.1 Å². The summed E-state index contributed by atoms with van der Waals surface area (Å²) in [5.41, 5.74) is 1.20. The van der Waals surface area contributed by atoms with Crippen LogP contribution in [-0.2, 0) is 6.61 Å². The first kappa shape index (κ1) is 24.5. The molecule has 0 aliphatic carbocycles. The summed E-state index contributed by atoms with van der Waals surface area (Å²) in [5.74, 6) is 1.41. The maximum Gasteiger partial charge on any atom is 0.286 e. The largest absolute Gasteiger partial charge is 0.493 e. The molecule has 1 aliphatic heterocycles. The van der Waals surface area contributed by atoms with Crippen LogP contribution in [0.25, 0.3) is 0 Å². The Bertz CT molecular complexity index is 1160. The van der Waals surface area contributed by atoms with Crippen molar-refractivity contribution in [2.45, 2.75) is 32.3 Å². The standard InChI is InChI=1S/C25H28N4O5S/c1-32-20-12-11-19(15-21(20)33-2)34-16-22-27-28-24(35-22)23(30)26-18-9-7-17(8-10-18)25(31)29-13-5-3-4-6-14-29/h7-12,15H,3-6,13-14,16H2,1-2H3,(H,26,30). The van der Waals surface area contributed by atoms with Crippen molar-refractivity contribution >= 4 is 28.8 Å². The maximum absolute atomic E-state index is 12.7. The van der Waals surface area contributed by atoms with Gasteiger partial charge in [-0.3, -0.25) is 9.59 Å². The van der Waals surface area contributed by atoms with Gasteiger partial charge in [0.25, 0.3) is 11.8 Å². The molecule has 1 fully saturated rings. The van der Waals surface area contributed by atoms with Crippen LogP contribution in [0.15, 0.2) is 42.5 Å². The van der Waals surface area contributed by atoms with E-state index in [9.17, 15) is 9.59 Å². The van der Waals surface area contributed by atoms with Crippen LogP contribution in [0.5, 0.6) is 17.2 Å². The van der Waals surface area contributed by atoms with Crippen LogP contribution < -0.4 is 19.5 Å². The molecule has 10 heteroatoms. The number of nitrogens with zero attached hydrogens (tertiary/aromatic N) is 3. The van der Waals surface area contributed by atoms with E-state index in [0.29, 0.717) is 33.5 Å². The van der Waals surface area contributed by atoms with Gasteiger partial charge >= 0.3 is 0 Å². The van der Waals surface area contributed by atoms with Crippen molar-refractivity contribution in [2.24, 2.45) is 0 Å². The summed E-state index contributed by atoms with van der Waals surface area (Å²) in [6.45, 7) is 1.76. The fourth-order valence-electron chi connectivity index (χ4n) is 3.79. The number of anilines is 1. The molecule has 1 aliphatic rings. The molecule has 0 saturated carbocycles. The van der Waals surface area contributed by atoms with E-state index in [-0.39, 0.29) is 23.4 Å². The van der Waals surface area contributed by atoms with Crippen LogP contribution in [-0.4, -0.2) is 54.2 Å². The third-order valence-electron chi connectivity index (χ3n) is 5.66. The average Bonchev–Trinajstić information content (AvgIpc) is 3.21. The van der Waals surface area contributed by atoms with Crippen molar-refractivity contribution in [1.29, 1.82) is 0 Å². The minimum absolute atomic E-state index is 0.0352. The van der Waals surface area contributed by atoms with E-state index in [0.717, 1.165) is 37.3 Å². The number of carbonyl (C=O) groups is 2. The second-order valence-corrected chi connectivity index (χ2v) is 9.11. The van der Waals surface area contributed by atoms with Crippen molar-refractivity contribution < 1.29 is 23.8 Å². The zero-order chi connectivity index (χ0) is 24.6. The first-order valence-electron chi connectivity index (χ1n) is 11.5. The minimum Gasteiger partial charge on any atom is -0.493 e. The summed E-state index contributed by atoms with van der Waals surface area (Å²) < 4.78 is 16.2. The van der Waals surface area contributed by atoms with Crippen LogP contribution in [0.4, 0.5) is 5.69 Å². The lowest BCUT2D eigenvalue weighted by Gasteiger charge is -2.20. The van der Waals surface area contributed by atoms with E-state index in [1.165, 1.54) is 12.8 Å². The van der Waals surface area contributed by atoms with Crippen LogP contribution in [0.1, 0.15) is 50.9 Å². The van der Waals surface area contributed by atoms with Crippen LogP contribution in [0.2, 0.25) is 0 Å². The number of nitrogens with one attached hydrogen (secondary N) is 1. The zero-order valence-electron chi connectivity index (χ0n) is 19.8. The maximum atomic E-state index is 12.7. The number of ether oxygens (including phenoxy) is 3. The van der Waals surface area contributed by atoms with Crippen LogP contribution >= 0.6 is 11.3 Å². The molecule has 184 valence electrons. The normalized spacial score (nSPS) is 13.6. The van der Waals surface area contributed by atoms with Gasteiger partial charge < -0.3 is 24.4 Å². The van der Waals surface area contributed by atoms with Crippen molar-refractivity contribution in [3.8, 4) is 17.2 Å². The molecule has 0 spiro atoms. The third-order valence-corrected chi connectivity index (χ3v) is 6.56. The molecule has 1 saturated heterocycles. The van der Waals surface area contributed by atoms with Gasteiger partial charge in [0.05, 0.1) is 14.2 Å².